The van der Waals surface area contributed by atoms with Crippen LogP contribution in [0.5, 0.6) is 11.5 Å². The summed E-state index contributed by atoms with van der Waals surface area (Å²) < 4.78 is 47.9. The lowest BCUT2D eigenvalue weighted by Gasteiger charge is -2.22. The first-order valence-corrected chi connectivity index (χ1v) is 18.8. The lowest BCUT2D eigenvalue weighted by molar-refractivity contribution is -0.0496. The van der Waals surface area contributed by atoms with E-state index < -0.39 is 24.1 Å². The molecule has 0 radical (unpaired) electrons. The molecule has 10 nitrogen and oxygen atoms in total. The van der Waals surface area contributed by atoms with E-state index in [-0.39, 0.29) is 62.3 Å². The molecule has 5 aromatic carbocycles. The Bertz CT molecular complexity index is 1730. The summed E-state index contributed by atoms with van der Waals surface area (Å²) in [6.07, 6.45) is -1.07. The summed E-state index contributed by atoms with van der Waals surface area (Å²) in [7, 11) is 0. The minimum atomic E-state index is -0.645. The monoisotopic (exact) mass is 762 g/mol. The molecule has 0 bridgehead atoms. The maximum absolute atomic E-state index is 13.4. The van der Waals surface area contributed by atoms with Gasteiger partial charge in [0.1, 0.15) is 48.0 Å². The smallest absolute Gasteiger partial charge is 0.342 e. The fourth-order valence-corrected chi connectivity index (χ4v) is 5.53. The van der Waals surface area contributed by atoms with E-state index in [0.29, 0.717) is 26.4 Å². The van der Waals surface area contributed by atoms with Crippen LogP contribution in [0, 0.1) is 0 Å². The van der Waals surface area contributed by atoms with Crippen molar-refractivity contribution in [3.63, 3.8) is 0 Å². The maximum Gasteiger partial charge on any atom is 0.342 e. The molecule has 0 N–H and O–H groups in total. The molecular weight excluding hydrogens is 712 g/mol. The lowest BCUT2D eigenvalue weighted by Crippen LogP contribution is -2.28. The first-order chi connectivity index (χ1) is 27.5. The van der Waals surface area contributed by atoms with Gasteiger partial charge in [-0.25, -0.2) is 9.59 Å². The number of hydrogen-bond acceptors (Lipinski definition) is 10. The van der Waals surface area contributed by atoms with Gasteiger partial charge < -0.3 is 37.9 Å². The van der Waals surface area contributed by atoms with Crippen LogP contribution in [0.1, 0.15) is 56.8 Å². The second-order valence-corrected chi connectivity index (χ2v) is 12.7. The van der Waals surface area contributed by atoms with Gasteiger partial charge in [0.2, 0.25) is 0 Å². The molecule has 0 fully saturated rings. The lowest BCUT2D eigenvalue weighted by atomic mass is 10.1. The van der Waals surface area contributed by atoms with Crippen LogP contribution >= 0.6 is 0 Å². The molecule has 0 heterocycles. The molecule has 0 saturated heterocycles. The second-order valence-electron chi connectivity index (χ2n) is 12.7. The van der Waals surface area contributed by atoms with Gasteiger partial charge in [-0.2, -0.15) is 0 Å². The van der Waals surface area contributed by atoms with Crippen molar-refractivity contribution in [2.45, 2.75) is 52.5 Å². The maximum atomic E-state index is 13.4. The molecule has 2 unspecified atom stereocenters. The Balaban J connectivity index is 1.35. The van der Waals surface area contributed by atoms with E-state index in [1.165, 1.54) is 12.1 Å². The van der Waals surface area contributed by atoms with Crippen molar-refractivity contribution in [2.24, 2.45) is 0 Å². The summed E-state index contributed by atoms with van der Waals surface area (Å²) in [5, 5.41) is 0. The molecular formula is C46H50O10. The summed E-state index contributed by atoms with van der Waals surface area (Å²) in [5.74, 6) is -1.07. The van der Waals surface area contributed by atoms with Crippen LogP contribution in [0.15, 0.2) is 133 Å². The highest BCUT2D eigenvalue weighted by atomic mass is 16.6. The quantitative estimate of drug-likeness (QED) is 0.0569. The highest BCUT2D eigenvalue weighted by Crippen LogP contribution is 2.31. The van der Waals surface area contributed by atoms with Gasteiger partial charge in [0.05, 0.1) is 52.9 Å². The standard InChI is InChI=1S/C46H50O10/c1-3-51-45(47)41-25-44(56-34-40(54-30-38-23-15-8-16-24-38)32-50-28-36-19-11-6-12-20-36)42(46(48)52-4-2)26-43(41)55-33-39(53-29-37-21-13-7-14-22-37)31-49-27-35-17-9-5-10-18-35/h5-26,39-40H,3-4,27-34H2,1-2H3. The third-order valence-corrected chi connectivity index (χ3v) is 8.41. The van der Waals surface area contributed by atoms with Crippen molar-refractivity contribution in [2.75, 3.05) is 39.6 Å². The van der Waals surface area contributed by atoms with E-state index in [9.17, 15) is 9.59 Å². The number of hydrogen-bond donors (Lipinski definition) is 0. The highest BCUT2D eigenvalue weighted by molar-refractivity contribution is 5.98. The molecule has 56 heavy (non-hydrogen) atoms. The number of ether oxygens (including phenoxy) is 8. The molecule has 294 valence electrons. The van der Waals surface area contributed by atoms with Gasteiger partial charge in [-0.3, -0.25) is 0 Å². The summed E-state index contributed by atoms with van der Waals surface area (Å²) in [6, 6.07) is 42.1. The van der Waals surface area contributed by atoms with Gasteiger partial charge in [-0.1, -0.05) is 121 Å². The summed E-state index contributed by atoms with van der Waals surface area (Å²) >= 11 is 0. The molecule has 0 saturated carbocycles. The van der Waals surface area contributed by atoms with Crippen molar-refractivity contribution in [3.05, 3.63) is 167 Å². The summed E-state index contributed by atoms with van der Waals surface area (Å²) in [6.45, 7) is 5.49. The molecule has 0 aliphatic heterocycles. The predicted octanol–water partition coefficient (Wildman–Crippen LogP) is 8.40. The normalized spacial score (nSPS) is 12.0. The third-order valence-electron chi connectivity index (χ3n) is 8.41. The van der Waals surface area contributed by atoms with Gasteiger partial charge in [-0.15, -0.1) is 0 Å². The van der Waals surface area contributed by atoms with E-state index >= 15 is 0 Å². The predicted molar refractivity (Wildman–Crippen MR) is 212 cm³/mol. The van der Waals surface area contributed by atoms with Crippen LogP contribution in [-0.2, 0) is 54.8 Å². The van der Waals surface area contributed by atoms with Crippen molar-refractivity contribution < 1.29 is 47.5 Å². The van der Waals surface area contributed by atoms with Crippen molar-refractivity contribution in [1.29, 1.82) is 0 Å². The number of carbonyl (C=O) groups excluding carboxylic acids is 2. The molecule has 0 aliphatic rings. The fourth-order valence-electron chi connectivity index (χ4n) is 5.53. The fraction of sp³-hybridized carbons (Fsp3) is 0.304. The first-order valence-electron chi connectivity index (χ1n) is 18.8. The van der Waals surface area contributed by atoms with E-state index in [2.05, 4.69) is 0 Å². The van der Waals surface area contributed by atoms with E-state index in [1.807, 2.05) is 121 Å². The number of carbonyl (C=O) groups is 2. The van der Waals surface area contributed by atoms with Gasteiger partial charge in [0.25, 0.3) is 0 Å². The minimum Gasteiger partial charge on any atom is -0.490 e. The zero-order valence-corrected chi connectivity index (χ0v) is 32.0. The summed E-state index contributed by atoms with van der Waals surface area (Å²) in [4.78, 5) is 26.8. The Morgan fingerprint density at radius 1 is 0.446 bits per heavy atom. The Kier molecular flexibility index (Phi) is 17.4. The topological polar surface area (TPSA) is 108 Å². The molecule has 0 amide bonds. The van der Waals surface area contributed by atoms with Crippen LogP contribution < -0.4 is 9.47 Å². The molecule has 0 aliphatic carbocycles. The highest BCUT2D eigenvalue weighted by Gasteiger charge is 2.25. The molecule has 2 atom stereocenters. The third kappa shape index (κ3) is 14.0. The number of esters is 2. The molecule has 0 spiro atoms. The van der Waals surface area contributed by atoms with Crippen molar-refractivity contribution >= 4 is 11.9 Å². The Hall–Kier alpha value is -5.52. The minimum absolute atomic E-state index is 0.00461. The largest absolute Gasteiger partial charge is 0.490 e. The SMILES string of the molecule is CCOC(=O)c1cc(OCC(COCc2ccccc2)OCc2ccccc2)c(C(=O)OCC)cc1OCC(COCc1ccccc1)OCc1ccccc1. The second kappa shape index (κ2) is 23.4. The summed E-state index contributed by atoms with van der Waals surface area (Å²) in [5.41, 5.74) is 4.15. The average molecular weight is 763 g/mol. The Morgan fingerprint density at radius 2 is 0.768 bits per heavy atom. The van der Waals surface area contributed by atoms with Crippen LogP contribution in [0.4, 0.5) is 0 Å². The molecule has 10 heteroatoms. The van der Waals surface area contributed by atoms with E-state index in [4.69, 9.17) is 37.9 Å². The van der Waals surface area contributed by atoms with Gasteiger partial charge in [0.15, 0.2) is 0 Å². The molecule has 5 aromatic rings. The van der Waals surface area contributed by atoms with Crippen molar-refractivity contribution in [1.82, 2.24) is 0 Å². The molecule has 5 rings (SSSR count). The van der Waals surface area contributed by atoms with Crippen molar-refractivity contribution in [3.8, 4) is 11.5 Å². The number of benzene rings is 5. The average Bonchev–Trinajstić information content (AvgIpc) is 3.24. The van der Waals surface area contributed by atoms with E-state index in [1.54, 1.807) is 13.8 Å². The van der Waals surface area contributed by atoms with Crippen LogP contribution in [0.25, 0.3) is 0 Å². The van der Waals surface area contributed by atoms with Crippen LogP contribution in [0.2, 0.25) is 0 Å². The zero-order valence-electron chi connectivity index (χ0n) is 32.0. The Labute approximate surface area is 329 Å². The van der Waals surface area contributed by atoms with Gasteiger partial charge >= 0.3 is 11.9 Å². The zero-order chi connectivity index (χ0) is 39.2. The van der Waals surface area contributed by atoms with Gasteiger partial charge in [-0.05, 0) is 48.2 Å². The van der Waals surface area contributed by atoms with Crippen LogP contribution in [-0.4, -0.2) is 63.8 Å². The Morgan fingerprint density at radius 3 is 1.09 bits per heavy atom. The first kappa shape index (κ1) is 41.6. The van der Waals surface area contributed by atoms with Gasteiger partial charge in [0, 0.05) is 0 Å². The van der Waals surface area contributed by atoms with Crippen LogP contribution in [0.3, 0.4) is 0 Å². The van der Waals surface area contributed by atoms with E-state index in [0.717, 1.165) is 22.3 Å². The molecule has 0 aromatic heterocycles. The number of rotatable bonds is 24.